The van der Waals surface area contributed by atoms with Crippen molar-refractivity contribution >= 4 is 5.78 Å². The van der Waals surface area contributed by atoms with E-state index in [9.17, 15) is 4.79 Å². The van der Waals surface area contributed by atoms with Crippen molar-refractivity contribution in [2.24, 2.45) is 7.05 Å². The molecule has 4 nitrogen and oxygen atoms in total. The van der Waals surface area contributed by atoms with Gasteiger partial charge in [-0.05, 0) is 12.0 Å². The van der Waals surface area contributed by atoms with E-state index < -0.39 is 0 Å². The van der Waals surface area contributed by atoms with E-state index in [1.54, 1.807) is 17.0 Å². The average Bonchev–Trinajstić information content (AvgIpc) is 2.62. The zero-order valence-corrected chi connectivity index (χ0v) is 9.07. The molecule has 0 spiro atoms. The molecule has 0 aliphatic carbocycles. The minimum atomic E-state index is 0.223. The molecule has 0 unspecified atom stereocenters. The fraction of sp³-hybridized carbons (Fsp3) is 0.455. The van der Waals surface area contributed by atoms with Crippen LogP contribution in [0.1, 0.15) is 12.0 Å². The van der Waals surface area contributed by atoms with Crippen molar-refractivity contribution in [3.8, 4) is 0 Å². The Morgan fingerprint density at radius 3 is 3.13 bits per heavy atom. The molecule has 1 aromatic heterocycles. The first-order chi connectivity index (χ1) is 7.22. The number of carbonyl (C=O) groups excluding carboxylic acids is 1. The molecule has 82 valence electrons. The lowest BCUT2D eigenvalue weighted by Gasteiger charge is -2.00. The van der Waals surface area contributed by atoms with E-state index in [0.29, 0.717) is 19.5 Å². The second-order valence-corrected chi connectivity index (χ2v) is 3.48. The van der Waals surface area contributed by atoms with Gasteiger partial charge in [-0.1, -0.05) is 6.08 Å². The van der Waals surface area contributed by atoms with Crippen molar-refractivity contribution in [1.82, 2.24) is 15.1 Å². The fourth-order valence-corrected chi connectivity index (χ4v) is 1.29. The monoisotopic (exact) mass is 207 g/mol. The number of Topliss-reactive ketones (excluding diaryl/α,β-unsaturated/α-hetero) is 1. The largest absolute Gasteiger partial charge is 0.307 e. The van der Waals surface area contributed by atoms with Gasteiger partial charge in [-0.25, -0.2) is 0 Å². The van der Waals surface area contributed by atoms with E-state index in [1.165, 1.54) is 0 Å². The molecule has 0 bridgehead atoms. The number of aryl methyl sites for hydroxylation is 2. The van der Waals surface area contributed by atoms with E-state index in [-0.39, 0.29) is 5.78 Å². The highest BCUT2D eigenvalue weighted by atomic mass is 16.1. The summed E-state index contributed by atoms with van der Waals surface area (Å²) in [5, 5.41) is 7.03. The van der Waals surface area contributed by atoms with Crippen LogP contribution in [0, 0.1) is 0 Å². The van der Waals surface area contributed by atoms with Crippen molar-refractivity contribution in [2.45, 2.75) is 12.8 Å². The molecule has 1 N–H and O–H groups in total. The van der Waals surface area contributed by atoms with E-state index in [0.717, 1.165) is 12.0 Å². The van der Waals surface area contributed by atoms with Crippen LogP contribution >= 0.6 is 0 Å². The summed E-state index contributed by atoms with van der Waals surface area (Å²) in [5.74, 6) is 0.223. The summed E-state index contributed by atoms with van der Waals surface area (Å²) in [7, 11) is 1.87. The van der Waals surface area contributed by atoms with Gasteiger partial charge in [0, 0.05) is 26.2 Å². The predicted octanol–water partition coefficient (Wildman–Crippen LogP) is 0.697. The summed E-state index contributed by atoms with van der Waals surface area (Å²) < 4.78 is 1.75. The molecule has 0 aliphatic rings. The van der Waals surface area contributed by atoms with Gasteiger partial charge in [-0.2, -0.15) is 5.10 Å². The molecular formula is C11H17N3O. The van der Waals surface area contributed by atoms with Crippen LogP contribution in [-0.2, 0) is 18.3 Å². The topological polar surface area (TPSA) is 46.9 Å². The molecular weight excluding hydrogens is 190 g/mol. The molecule has 0 aliphatic heterocycles. The van der Waals surface area contributed by atoms with Crippen LogP contribution in [0.2, 0.25) is 0 Å². The molecule has 15 heavy (non-hydrogen) atoms. The van der Waals surface area contributed by atoms with E-state index in [1.807, 2.05) is 13.2 Å². The summed E-state index contributed by atoms with van der Waals surface area (Å²) in [6, 6.07) is 0. The lowest BCUT2D eigenvalue weighted by molar-refractivity contribution is -0.118. The Morgan fingerprint density at radius 2 is 2.53 bits per heavy atom. The van der Waals surface area contributed by atoms with Crippen LogP contribution in [0.25, 0.3) is 0 Å². The fourth-order valence-electron chi connectivity index (χ4n) is 1.29. The molecule has 0 aromatic carbocycles. The first-order valence-corrected chi connectivity index (χ1v) is 5.03. The number of hydrogen-bond acceptors (Lipinski definition) is 3. The summed E-state index contributed by atoms with van der Waals surface area (Å²) in [6.07, 6.45) is 6.81. The minimum absolute atomic E-state index is 0.223. The van der Waals surface area contributed by atoms with Gasteiger partial charge in [0.2, 0.25) is 0 Å². The Labute approximate surface area is 90.0 Å². The second-order valence-electron chi connectivity index (χ2n) is 3.48. The third kappa shape index (κ3) is 4.56. The van der Waals surface area contributed by atoms with Gasteiger partial charge < -0.3 is 5.32 Å². The molecule has 0 fully saturated rings. The SMILES string of the molecule is C=CCNCC(=O)CCc1cnn(C)c1. The Balaban J connectivity index is 2.19. The maximum absolute atomic E-state index is 11.4. The predicted molar refractivity (Wildman–Crippen MR) is 59.6 cm³/mol. The zero-order chi connectivity index (χ0) is 11.1. The minimum Gasteiger partial charge on any atom is -0.307 e. The van der Waals surface area contributed by atoms with Crippen LogP contribution < -0.4 is 5.32 Å². The number of hydrogen-bond donors (Lipinski definition) is 1. The molecule has 0 saturated heterocycles. The zero-order valence-electron chi connectivity index (χ0n) is 9.07. The second kappa shape index (κ2) is 6.14. The molecule has 0 radical (unpaired) electrons. The highest BCUT2D eigenvalue weighted by molar-refractivity contribution is 5.80. The van der Waals surface area contributed by atoms with E-state index in [2.05, 4.69) is 17.0 Å². The van der Waals surface area contributed by atoms with Gasteiger partial charge in [0.25, 0.3) is 0 Å². The number of nitrogens with one attached hydrogen (secondary N) is 1. The number of carbonyl (C=O) groups is 1. The number of nitrogens with zero attached hydrogens (tertiary/aromatic N) is 2. The molecule has 1 rings (SSSR count). The van der Waals surface area contributed by atoms with Crippen LogP contribution in [0.4, 0.5) is 0 Å². The Bertz CT molecular complexity index is 330. The van der Waals surface area contributed by atoms with Crippen molar-refractivity contribution in [2.75, 3.05) is 13.1 Å². The summed E-state index contributed by atoms with van der Waals surface area (Å²) >= 11 is 0. The Morgan fingerprint density at radius 1 is 1.73 bits per heavy atom. The highest BCUT2D eigenvalue weighted by Gasteiger charge is 2.02. The normalized spacial score (nSPS) is 10.2. The number of ketones is 1. The molecule has 0 amide bonds. The average molecular weight is 207 g/mol. The van der Waals surface area contributed by atoms with Gasteiger partial charge in [0.05, 0.1) is 12.7 Å². The molecule has 1 heterocycles. The molecule has 0 atom stereocenters. The van der Waals surface area contributed by atoms with Gasteiger partial charge in [0.1, 0.15) is 5.78 Å². The van der Waals surface area contributed by atoms with Gasteiger partial charge in [-0.3, -0.25) is 9.48 Å². The third-order valence-electron chi connectivity index (χ3n) is 2.06. The van der Waals surface area contributed by atoms with Gasteiger partial charge in [-0.15, -0.1) is 6.58 Å². The Kier molecular flexibility index (Phi) is 4.77. The lowest BCUT2D eigenvalue weighted by Crippen LogP contribution is -2.23. The van der Waals surface area contributed by atoms with Crippen molar-refractivity contribution < 1.29 is 4.79 Å². The van der Waals surface area contributed by atoms with Crippen molar-refractivity contribution in [3.63, 3.8) is 0 Å². The lowest BCUT2D eigenvalue weighted by atomic mass is 10.1. The highest BCUT2D eigenvalue weighted by Crippen LogP contribution is 2.00. The van der Waals surface area contributed by atoms with Crippen molar-refractivity contribution in [1.29, 1.82) is 0 Å². The standard InChI is InChI=1S/C11H17N3O/c1-3-6-12-8-11(15)5-4-10-7-13-14(2)9-10/h3,7,9,12H,1,4-6,8H2,2H3. The summed E-state index contributed by atoms with van der Waals surface area (Å²) in [5.41, 5.74) is 1.11. The maximum Gasteiger partial charge on any atom is 0.146 e. The maximum atomic E-state index is 11.4. The van der Waals surface area contributed by atoms with Gasteiger partial charge in [0.15, 0.2) is 0 Å². The molecule has 0 saturated carbocycles. The quantitative estimate of drug-likeness (QED) is 0.529. The first-order valence-electron chi connectivity index (χ1n) is 5.03. The molecule has 1 aromatic rings. The van der Waals surface area contributed by atoms with Crippen LogP contribution in [-0.4, -0.2) is 28.7 Å². The van der Waals surface area contributed by atoms with Crippen LogP contribution in [0.3, 0.4) is 0 Å². The third-order valence-corrected chi connectivity index (χ3v) is 2.06. The van der Waals surface area contributed by atoms with Gasteiger partial charge >= 0.3 is 0 Å². The number of aromatic nitrogens is 2. The summed E-state index contributed by atoms with van der Waals surface area (Å²) in [4.78, 5) is 11.4. The smallest absolute Gasteiger partial charge is 0.146 e. The number of rotatable bonds is 7. The van der Waals surface area contributed by atoms with Crippen molar-refractivity contribution in [3.05, 3.63) is 30.6 Å². The Hall–Kier alpha value is -1.42. The van der Waals surface area contributed by atoms with Crippen LogP contribution in [0.5, 0.6) is 0 Å². The van der Waals surface area contributed by atoms with Crippen LogP contribution in [0.15, 0.2) is 25.0 Å². The molecule has 4 heteroatoms. The van der Waals surface area contributed by atoms with E-state index >= 15 is 0 Å². The summed E-state index contributed by atoms with van der Waals surface area (Å²) in [6.45, 7) is 4.67. The van der Waals surface area contributed by atoms with E-state index in [4.69, 9.17) is 0 Å². The first kappa shape index (κ1) is 11.7.